The standard InChI is InChI=1S/C10H8N2O4/c1-16-8-4-2-3-6-9(8)10(13)7(5-11-6)12(14)15/h2-5H,1H3,(H,11,13). The summed E-state index contributed by atoms with van der Waals surface area (Å²) in [5, 5.41) is 20.6. The molecule has 0 aliphatic rings. The van der Waals surface area contributed by atoms with E-state index >= 15 is 0 Å². The van der Waals surface area contributed by atoms with E-state index in [0.29, 0.717) is 11.3 Å². The Bertz CT molecular complexity index is 568. The van der Waals surface area contributed by atoms with Crippen LogP contribution in [0.2, 0.25) is 0 Å². The normalized spacial score (nSPS) is 10.3. The fraction of sp³-hybridized carbons (Fsp3) is 0.100. The molecule has 0 saturated heterocycles. The third kappa shape index (κ3) is 1.40. The third-order valence-corrected chi connectivity index (χ3v) is 2.23. The fourth-order valence-electron chi connectivity index (χ4n) is 1.49. The van der Waals surface area contributed by atoms with Gasteiger partial charge in [0, 0.05) is 0 Å². The van der Waals surface area contributed by atoms with Crippen molar-refractivity contribution >= 4 is 16.6 Å². The molecule has 1 aromatic carbocycles. The average Bonchev–Trinajstić information content (AvgIpc) is 2.28. The number of fused-ring (bicyclic) bond motifs is 1. The van der Waals surface area contributed by atoms with E-state index in [0.717, 1.165) is 6.20 Å². The Labute approximate surface area is 90.3 Å². The van der Waals surface area contributed by atoms with Gasteiger partial charge in [-0.1, -0.05) is 6.07 Å². The van der Waals surface area contributed by atoms with Crippen LogP contribution in [0.25, 0.3) is 10.9 Å². The van der Waals surface area contributed by atoms with E-state index in [-0.39, 0.29) is 5.39 Å². The maximum absolute atomic E-state index is 10.6. The van der Waals surface area contributed by atoms with Gasteiger partial charge in [0.05, 0.1) is 22.9 Å². The predicted molar refractivity (Wildman–Crippen MR) is 56.6 cm³/mol. The minimum absolute atomic E-state index is 0.249. The predicted octanol–water partition coefficient (Wildman–Crippen LogP) is 1.86. The summed E-state index contributed by atoms with van der Waals surface area (Å²) in [6.45, 7) is 0. The van der Waals surface area contributed by atoms with Crippen LogP contribution in [0.5, 0.6) is 11.5 Å². The summed E-state index contributed by atoms with van der Waals surface area (Å²) >= 11 is 0. The number of rotatable bonds is 2. The van der Waals surface area contributed by atoms with Crippen molar-refractivity contribution in [2.75, 3.05) is 7.11 Å². The smallest absolute Gasteiger partial charge is 0.329 e. The highest BCUT2D eigenvalue weighted by atomic mass is 16.6. The summed E-state index contributed by atoms with van der Waals surface area (Å²) in [6.07, 6.45) is 1.02. The van der Waals surface area contributed by atoms with Gasteiger partial charge in [0.15, 0.2) is 0 Å². The molecule has 0 atom stereocenters. The number of aromatic hydroxyl groups is 1. The van der Waals surface area contributed by atoms with Crippen molar-refractivity contribution in [3.63, 3.8) is 0 Å². The first-order chi connectivity index (χ1) is 7.65. The van der Waals surface area contributed by atoms with E-state index in [1.165, 1.54) is 7.11 Å². The van der Waals surface area contributed by atoms with Crippen molar-refractivity contribution in [2.45, 2.75) is 0 Å². The zero-order chi connectivity index (χ0) is 11.7. The molecule has 0 bridgehead atoms. The molecule has 16 heavy (non-hydrogen) atoms. The number of hydrogen-bond acceptors (Lipinski definition) is 5. The Hall–Kier alpha value is -2.37. The van der Waals surface area contributed by atoms with Crippen molar-refractivity contribution in [3.05, 3.63) is 34.5 Å². The van der Waals surface area contributed by atoms with Crippen molar-refractivity contribution < 1.29 is 14.8 Å². The molecule has 2 rings (SSSR count). The number of methoxy groups -OCH3 is 1. The van der Waals surface area contributed by atoms with Crippen LogP contribution < -0.4 is 4.74 Å². The van der Waals surface area contributed by atoms with Gasteiger partial charge in [0.1, 0.15) is 11.9 Å². The molecule has 0 saturated carbocycles. The van der Waals surface area contributed by atoms with Crippen molar-refractivity contribution in [3.8, 4) is 11.5 Å². The third-order valence-electron chi connectivity index (χ3n) is 2.23. The van der Waals surface area contributed by atoms with Crippen LogP contribution in [0.3, 0.4) is 0 Å². The molecule has 2 aromatic rings. The second-order valence-electron chi connectivity index (χ2n) is 3.10. The van der Waals surface area contributed by atoms with Crippen molar-refractivity contribution in [1.82, 2.24) is 4.98 Å². The molecule has 0 aliphatic heterocycles. The van der Waals surface area contributed by atoms with Gasteiger partial charge in [-0.05, 0) is 12.1 Å². The van der Waals surface area contributed by atoms with Crippen LogP contribution in [0.4, 0.5) is 5.69 Å². The van der Waals surface area contributed by atoms with Crippen LogP contribution >= 0.6 is 0 Å². The molecular formula is C10H8N2O4. The van der Waals surface area contributed by atoms with Crippen molar-refractivity contribution in [2.24, 2.45) is 0 Å². The van der Waals surface area contributed by atoms with Crippen LogP contribution in [-0.2, 0) is 0 Å². The zero-order valence-corrected chi connectivity index (χ0v) is 8.38. The molecule has 0 radical (unpaired) electrons. The fourth-order valence-corrected chi connectivity index (χ4v) is 1.49. The van der Waals surface area contributed by atoms with Gasteiger partial charge in [0.25, 0.3) is 0 Å². The monoisotopic (exact) mass is 220 g/mol. The lowest BCUT2D eigenvalue weighted by molar-refractivity contribution is -0.386. The summed E-state index contributed by atoms with van der Waals surface area (Å²) < 4.78 is 5.02. The minimum atomic E-state index is -0.686. The Morgan fingerprint density at radius 2 is 2.25 bits per heavy atom. The Kier molecular flexibility index (Phi) is 2.32. The number of nitro groups is 1. The van der Waals surface area contributed by atoms with E-state index in [1.807, 2.05) is 0 Å². The van der Waals surface area contributed by atoms with E-state index < -0.39 is 16.4 Å². The van der Waals surface area contributed by atoms with E-state index in [4.69, 9.17) is 4.74 Å². The quantitative estimate of drug-likeness (QED) is 0.616. The summed E-state index contributed by atoms with van der Waals surface area (Å²) in [7, 11) is 1.42. The first-order valence-electron chi connectivity index (χ1n) is 4.44. The van der Waals surface area contributed by atoms with Gasteiger partial charge < -0.3 is 9.84 Å². The SMILES string of the molecule is COc1cccc2ncc([N+](=O)[O-])c(O)c12. The number of aromatic nitrogens is 1. The van der Waals surface area contributed by atoms with E-state index in [2.05, 4.69) is 4.98 Å². The topological polar surface area (TPSA) is 85.5 Å². The van der Waals surface area contributed by atoms with Crippen LogP contribution in [-0.4, -0.2) is 22.1 Å². The molecule has 0 fully saturated rings. The van der Waals surface area contributed by atoms with E-state index in [1.54, 1.807) is 18.2 Å². The second-order valence-corrected chi connectivity index (χ2v) is 3.10. The molecule has 0 amide bonds. The molecule has 1 aromatic heterocycles. The summed E-state index contributed by atoms with van der Waals surface area (Å²) in [4.78, 5) is 13.8. The lowest BCUT2D eigenvalue weighted by Crippen LogP contribution is -1.93. The largest absolute Gasteiger partial charge is 0.501 e. The first kappa shape index (κ1) is 10.2. The summed E-state index contributed by atoms with van der Waals surface area (Å²) in [6, 6.07) is 4.94. The molecule has 0 aliphatic carbocycles. The Morgan fingerprint density at radius 3 is 2.88 bits per heavy atom. The lowest BCUT2D eigenvalue weighted by atomic mass is 10.1. The van der Waals surface area contributed by atoms with Crippen molar-refractivity contribution in [1.29, 1.82) is 0 Å². The van der Waals surface area contributed by atoms with E-state index in [9.17, 15) is 15.2 Å². The molecule has 1 N–H and O–H groups in total. The molecule has 1 heterocycles. The average molecular weight is 220 g/mol. The molecule has 0 spiro atoms. The van der Waals surface area contributed by atoms with Crippen LogP contribution in [0, 0.1) is 10.1 Å². The molecule has 6 nitrogen and oxygen atoms in total. The molecule has 0 unspecified atom stereocenters. The van der Waals surface area contributed by atoms with Gasteiger partial charge in [-0.2, -0.15) is 0 Å². The number of benzene rings is 1. The van der Waals surface area contributed by atoms with Gasteiger partial charge >= 0.3 is 5.69 Å². The summed E-state index contributed by atoms with van der Waals surface area (Å²) in [5.74, 6) is -0.0707. The highest BCUT2D eigenvalue weighted by molar-refractivity contribution is 5.93. The lowest BCUT2D eigenvalue weighted by Gasteiger charge is -2.06. The molecule has 6 heteroatoms. The number of hydrogen-bond donors (Lipinski definition) is 1. The Balaban J connectivity index is 2.86. The highest BCUT2D eigenvalue weighted by Crippen LogP contribution is 2.37. The Morgan fingerprint density at radius 1 is 1.50 bits per heavy atom. The second kappa shape index (κ2) is 3.65. The molecular weight excluding hydrogens is 212 g/mol. The number of pyridine rings is 1. The first-order valence-corrected chi connectivity index (χ1v) is 4.44. The highest BCUT2D eigenvalue weighted by Gasteiger charge is 2.19. The van der Waals surface area contributed by atoms with Gasteiger partial charge in [-0.3, -0.25) is 10.1 Å². The maximum Gasteiger partial charge on any atom is 0.329 e. The zero-order valence-electron chi connectivity index (χ0n) is 8.38. The maximum atomic E-state index is 10.6. The van der Waals surface area contributed by atoms with Crippen LogP contribution in [0.15, 0.2) is 24.4 Å². The van der Waals surface area contributed by atoms with Gasteiger partial charge in [-0.15, -0.1) is 0 Å². The van der Waals surface area contributed by atoms with Gasteiger partial charge in [0.2, 0.25) is 5.75 Å². The minimum Gasteiger partial charge on any atom is -0.501 e. The molecule has 82 valence electrons. The number of ether oxygens (including phenoxy) is 1. The number of nitrogens with zero attached hydrogens (tertiary/aromatic N) is 2. The van der Waals surface area contributed by atoms with Gasteiger partial charge in [-0.25, -0.2) is 4.98 Å². The summed E-state index contributed by atoms with van der Waals surface area (Å²) in [5.41, 5.74) is 0.0134. The van der Waals surface area contributed by atoms with Crippen LogP contribution in [0.1, 0.15) is 0 Å².